The molecule has 0 bridgehead atoms. The van der Waals surface area contributed by atoms with Gasteiger partial charge in [-0.15, -0.1) is 0 Å². The molecule has 0 saturated heterocycles. The molecule has 0 aromatic heterocycles. The quantitative estimate of drug-likeness (QED) is 0.722. The van der Waals surface area contributed by atoms with Gasteiger partial charge in [0.2, 0.25) is 0 Å². The molecule has 0 aliphatic heterocycles. The molecule has 1 rings (SSSR count). The maximum atomic E-state index is 13.6. The maximum Gasteiger partial charge on any atom is 0.326 e. The number of benzene rings is 1. The molecule has 3 N–H and O–H groups in total. The summed E-state index contributed by atoms with van der Waals surface area (Å²) in [5, 5.41) is 14.0. The predicted molar refractivity (Wildman–Crippen MR) is 80.9 cm³/mol. The van der Waals surface area contributed by atoms with Crippen molar-refractivity contribution in [2.75, 3.05) is 12.0 Å². The van der Waals surface area contributed by atoms with Crippen molar-refractivity contribution in [3.05, 3.63) is 35.6 Å². The summed E-state index contributed by atoms with van der Waals surface area (Å²) in [6.45, 7) is 1.63. The minimum Gasteiger partial charge on any atom is -0.480 e. The van der Waals surface area contributed by atoms with E-state index in [0.29, 0.717) is 17.7 Å². The van der Waals surface area contributed by atoms with Gasteiger partial charge >= 0.3 is 12.0 Å². The number of urea groups is 1. The number of carbonyl (C=O) groups excluding carboxylic acids is 1. The molecule has 21 heavy (non-hydrogen) atoms. The van der Waals surface area contributed by atoms with E-state index in [1.165, 1.54) is 17.8 Å². The lowest BCUT2D eigenvalue weighted by Gasteiger charge is -2.18. The molecule has 0 saturated carbocycles. The zero-order valence-electron chi connectivity index (χ0n) is 11.9. The molecule has 0 aliphatic carbocycles. The summed E-state index contributed by atoms with van der Waals surface area (Å²) >= 11 is 1.50. The third kappa shape index (κ3) is 5.63. The molecule has 2 amide bonds. The van der Waals surface area contributed by atoms with Crippen molar-refractivity contribution in [3.63, 3.8) is 0 Å². The Labute approximate surface area is 127 Å². The van der Waals surface area contributed by atoms with E-state index in [1.54, 1.807) is 25.1 Å². The Morgan fingerprint density at radius 2 is 2.00 bits per heavy atom. The lowest BCUT2D eigenvalue weighted by molar-refractivity contribution is -0.139. The second-order valence-corrected chi connectivity index (χ2v) is 5.52. The van der Waals surface area contributed by atoms with Gasteiger partial charge in [0, 0.05) is 5.56 Å². The number of aliphatic carboxylic acids is 1. The molecule has 0 fully saturated rings. The first-order valence-corrected chi connectivity index (χ1v) is 7.88. The van der Waals surface area contributed by atoms with Crippen molar-refractivity contribution < 1.29 is 19.1 Å². The molecule has 2 unspecified atom stereocenters. The minimum atomic E-state index is -1.09. The molecule has 116 valence electrons. The van der Waals surface area contributed by atoms with Crippen LogP contribution in [-0.2, 0) is 4.79 Å². The summed E-state index contributed by atoms with van der Waals surface area (Å²) in [6, 6.07) is 3.99. The molecular formula is C14H19FN2O3S. The molecule has 2 atom stereocenters. The second-order valence-electron chi connectivity index (χ2n) is 4.53. The minimum absolute atomic E-state index is 0.331. The standard InChI is InChI=1S/C14H19FN2O3S/c1-9(10-5-3-4-6-11(10)15)16-14(20)17-12(13(18)19)7-8-21-2/h3-6,9,12H,7-8H2,1-2H3,(H,18,19)(H2,16,17,20). The van der Waals surface area contributed by atoms with Crippen LogP contribution in [0.25, 0.3) is 0 Å². The molecule has 0 spiro atoms. The van der Waals surface area contributed by atoms with Crippen LogP contribution >= 0.6 is 11.8 Å². The SMILES string of the molecule is CSCCC(NC(=O)NC(C)c1ccccc1F)C(=O)O. The average molecular weight is 314 g/mol. The lowest BCUT2D eigenvalue weighted by Crippen LogP contribution is -2.46. The van der Waals surface area contributed by atoms with Crippen molar-refractivity contribution >= 4 is 23.8 Å². The highest BCUT2D eigenvalue weighted by Gasteiger charge is 2.21. The summed E-state index contributed by atoms with van der Waals surface area (Å²) in [6.07, 6.45) is 2.19. The maximum absolute atomic E-state index is 13.6. The van der Waals surface area contributed by atoms with Gasteiger partial charge in [-0.25, -0.2) is 14.0 Å². The van der Waals surface area contributed by atoms with E-state index in [2.05, 4.69) is 10.6 Å². The van der Waals surface area contributed by atoms with Gasteiger partial charge in [0.25, 0.3) is 0 Å². The Kier molecular flexibility index (Phi) is 7.01. The fraction of sp³-hybridized carbons (Fsp3) is 0.429. The van der Waals surface area contributed by atoms with Crippen molar-refractivity contribution in [3.8, 4) is 0 Å². The Balaban J connectivity index is 2.59. The molecule has 0 aliphatic rings. The summed E-state index contributed by atoms with van der Waals surface area (Å²) in [4.78, 5) is 22.8. The highest BCUT2D eigenvalue weighted by molar-refractivity contribution is 7.98. The highest BCUT2D eigenvalue weighted by Crippen LogP contribution is 2.15. The van der Waals surface area contributed by atoms with Crippen LogP contribution in [0.5, 0.6) is 0 Å². The van der Waals surface area contributed by atoms with Crippen LogP contribution in [0.2, 0.25) is 0 Å². The molecule has 1 aromatic carbocycles. The Bertz CT molecular complexity index is 499. The number of rotatable bonds is 7. The first-order chi connectivity index (χ1) is 9.95. The largest absolute Gasteiger partial charge is 0.480 e. The van der Waals surface area contributed by atoms with Crippen LogP contribution in [0.1, 0.15) is 24.9 Å². The fourth-order valence-electron chi connectivity index (χ4n) is 1.79. The molecule has 5 nitrogen and oxygen atoms in total. The van der Waals surface area contributed by atoms with Crippen molar-refractivity contribution in [2.24, 2.45) is 0 Å². The lowest BCUT2D eigenvalue weighted by atomic mass is 10.1. The van der Waals surface area contributed by atoms with E-state index in [1.807, 2.05) is 6.26 Å². The summed E-state index contributed by atoms with van der Waals surface area (Å²) < 4.78 is 13.6. The van der Waals surface area contributed by atoms with Crippen molar-refractivity contribution in [1.82, 2.24) is 10.6 Å². The van der Waals surface area contributed by atoms with Gasteiger partial charge in [0.05, 0.1) is 6.04 Å². The van der Waals surface area contributed by atoms with E-state index in [4.69, 9.17) is 5.11 Å². The molecule has 1 aromatic rings. The third-order valence-corrected chi connectivity index (χ3v) is 3.58. The van der Waals surface area contributed by atoms with Gasteiger partial charge in [-0.05, 0) is 31.4 Å². The summed E-state index contributed by atoms with van der Waals surface area (Å²) in [5.74, 6) is -0.875. The van der Waals surface area contributed by atoms with E-state index in [9.17, 15) is 14.0 Å². The number of nitrogens with one attached hydrogen (secondary N) is 2. The van der Waals surface area contributed by atoms with Crippen LogP contribution in [0, 0.1) is 5.82 Å². The van der Waals surface area contributed by atoms with Gasteiger partial charge in [-0.1, -0.05) is 18.2 Å². The highest BCUT2D eigenvalue weighted by atomic mass is 32.2. The van der Waals surface area contributed by atoms with E-state index in [-0.39, 0.29) is 0 Å². The molecule has 0 heterocycles. The average Bonchev–Trinajstić information content (AvgIpc) is 2.43. The summed E-state index contributed by atoms with van der Waals surface area (Å²) in [7, 11) is 0. The molecule has 0 radical (unpaired) electrons. The summed E-state index contributed by atoms with van der Waals surface area (Å²) in [5.41, 5.74) is 0.351. The zero-order chi connectivity index (χ0) is 15.8. The number of carbonyl (C=O) groups is 2. The molecular weight excluding hydrogens is 295 g/mol. The van der Waals surface area contributed by atoms with Crippen LogP contribution in [-0.4, -0.2) is 35.2 Å². The number of thioether (sulfide) groups is 1. The number of carboxylic acid groups (broad SMARTS) is 1. The van der Waals surface area contributed by atoms with E-state index >= 15 is 0 Å². The van der Waals surface area contributed by atoms with Gasteiger partial charge in [0.15, 0.2) is 0 Å². The third-order valence-electron chi connectivity index (χ3n) is 2.93. The smallest absolute Gasteiger partial charge is 0.326 e. The second kappa shape index (κ2) is 8.51. The van der Waals surface area contributed by atoms with Gasteiger partial charge in [-0.3, -0.25) is 0 Å². The van der Waals surface area contributed by atoms with Crippen molar-refractivity contribution in [1.29, 1.82) is 0 Å². The van der Waals surface area contributed by atoms with Gasteiger partial charge in [-0.2, -0.15) is 11.8 Å². The fourth-order valence-corrected chi connectivity index (χ4v) is 2.27. The Morgan fingerprint density at radius 3 is 2.57 bits per heavy atom. The van der Waals surface area contributed by atoms with E-state index in [0.717, 1.165) is 0 Å². The van der Waals surface area contributed by atoms with Crippen LogP contribution in [0.4, 0.5) is 9.18 Å². The normalized spacial score (nSPS) is 13.3. The first kappa shape index (κ1) is 17.3. The van der Waals surface area contributed by atoms with Crippen LogP contribution < -0.4 is 10.6 Å². The van der Waals surface area contributed by atoms with E-state index < -0.39 is 29.9 Å². The number of carboxylic acids is 1. The number of amides is 2. The monoisotopic (exact) mass is 314 g/mol. The number of halogens is 1. The number of hydrogen-bond donors (Lipinski definition) is 3. The van der Waals surface area contributed by atoms with Gasteiger partial charge in [0.1, 0.15) is 11.9 Å². The van der Waals surface area contributed by atoms with Gasteiger partial charge < -0.3 is 15.7 Å². The first-order valence-electron chi connectivity index (χ1n) is 6.49. The number of hydrogen-bond acceptors (Lipinski definition) is 3. The van der Waals surface area contributed by atoms with Crippen LogP contribution in [0.3, 0.4) is 0 Å². The van der Waals surface area contributed by atoms with Crippen molar-refractivity contribution in [2.45, 2.75) is 25.4 Å². The zero-order valence-corrected chi connectivity index (χ0v) is 12.7. The topological polar surface area (TPSA) is 78.4 Å². The Morgan fingerprint density at radius 1 is 1.33 bits per heavy atom. The van der Waals surface area contributed by atoms with Crippen LogP contribution in [0.15, 0.2) is 24.3 Å². The predicted octanol–water partition coefficient (Wildman–Crippen LogP) is 2.39. The molecule has 7 heteroatoms. The Hall–Kier alpha value is -1.76.